The fourth-order valence-electron chi connectivity index (χ4n) is 1.04. The van der Waals surface area contributed by atoms with E-state index < -0.39 is 0 Å². The highest BCUT2D eigenvalue weighted by Crippen LogP contribution is 2.05. The molecule has 0 bridgehead atoms. The smallest absolute Gasteiger partial charge is 0.237 e. The number of carbonyl (C=O) groups excluding carboxylic acids is 1. The molecule has 0 saturated carbocycles. The summed E-state index contributed by atoms with van der Waals surface area (Å²) >= 11 is 1.75. The van der Waals surface area contributed by atoms with E-state index in [1.54, 1.807) is 11.8 Å². The van der Waals surface area contributed by atoms with Crippen molar-refractivity contribution in [3.63, 3.8) is 0 Å². The van der Waals surface area contributed by atoms with Gasteiger partial charge in [-0.05, 0) is 5.92 Å². The standard InChI is InChI=1S/C11H22N2OS/c1-4-7-15-8-6-13-11(14)10(12)9(3)5-2/h4,9-10H,1,5-8,12H2,2-3H3,(H,13,14). The van der Waals surface area contributed by atoms with Gasteiger partial charge < -0.3 is 11.1 Å². The van der Waals surface area contributed by atoms with E-state index in [1.807, 2.05) is 19.9 Å². The maximum atomic E-state index is 11.5. The average Bonchev–Trinajstić information content (AvgIpc) is 2.26. The predicted octanol–water partition coefficient (Wildman–Crippen LogP) is 1.40. The van der Waals surface area contributed by atoms with Crippen molar-refractivity contribution in [3.8, 4) is 0 Å². The van der Waals surface area contributed by atoms with Gasteiger partial charge in [-0.3, -0.25) is 4.79 Å². The first kappa shape index (κ1) is 14.5. The molecule has 0 heterocycles. The Morgan fingerprint density at radius 2 is 2.33 bits per heavy atom. The van der Waals surface area contributed by atoms with Crippen LogP contribution in [0.25, 0.3) is 0 Å². The van der Waals surface area contributed by atoms with E-state index in [1.165, 1.54) is 0 Å². The molecule has 1 amide bonds. The normalized spacial score (nSPS) is 14.3. The lowest BCUT2D eigenvalue weighted by molar-refractivity contribution is -0.123. The highest BCUT2D eigenvalue weighted by molar-refractivity contribution is 7.99. The van der Waals surface area contributed by atoms with Gasteiger partial charge in [0.25, 0.3) is 0 Å². The monoisotopic (exact) mass is 230 g/mol. The van der Waals surface area contributed by atoms with Crippen LogP contribution >= 0.6 is 11.8 Å². The fraction of sp³-hybridized carbons (Fsp3) is 0.727. The van der Waals surface area contributed by atoms with E-state index in [0.29, 0.717) is 6.54 Å². The number of amides is 1. The molecular formula is C11H22N2OS. The Labute approximate surface area is 96.9 Å². The quantitative estimate of drug-likeness (QED) is 0.489. The molecular weight excluding hydrogens is 208 g/mol. The van der Waals surface area contributed by atoms with Crippen molar-refractivity contribution < 1.29 is 4.79 Å². The molecule has 3 nitrogen and oxygen atoms in total. The number of hydrogen-bond donors (Lipinski definition) is 2. The Balaban J connectivity index is 3.60. The highest BCUT2D eigenvalue weighted by atomic mass is 32.2. The fourth-order valence-corrected chi connectivity index (χ4v) is 1.62. The number of hydrogen-bond acceptors (Lipinski definition) is 3. The molecule has 15 heavy (non-hydrogen) atoms. The molecule has 0 aromatic heterocycles. The SMILES string of the molecule is C=CCSCCNC(=O)C(N)C(C)CC. The number of nitrogens with two attached hydrogens (primary N) is 1. The van der Waals surface area contributed by atoms with Crippen LogP contribution in [-0.2, 0) is 4.79 Å². The molecule has 0 saturated heterocycles. The first-order valence-corrected chi connectivity index (χ1v) is 6.50. The minimum absolute atomic E-state index is 0.0384. The molecule has 3 N–H and O–H groups in total. The Morgan fingerprint density at radius 3 is 2.87 bits per heavy atom. The summed E-state index contributed by atoms with van der Waals surface area (Å²) in [7, 11) is 0. The molecule has 0 spiro atoms. The first-order valence-electron chi connectivity index (χ1n) is 5.35. The molecule has 2 atom stereocenters. The van der Waals surface area contributed by atoms with Gasteiger partial charge in [0.05, 0.1) is 6.04 Å². The van der Waals surface area contributed by atoms with Crippen molar-refractivity contribution in [1.29, 1.82) is 0 Å². The summed E-state index contributed by atoms with van der Waals surface area (Å²) < 4.78 is 0. The van der Waals surface area contributed by atoms with E-state index in [9.17, 15) is 4.79 Å². The van der Waals surface area contributed by atoms with Crippen molar-refractivity contribution >= 4 is 17.7 Å². The van der Waals surface area contributed by atoms with E-state index >= 15 is 0 Å². The molecule has 88 valence electrons. The van der Waals surface area contributed by atoms with Crippen LogP contribution in [-0.4, -0.2) is 30.0 Å². The van der Waals surface area contributed by atoms with Gasteiger partial charge in [0.1, 0.15) is 0 Å². The maximum absolute atomic E-state index is 11.5. The van der Waals surface area contributed by atoms with Crippen LogP contribution in [0, 0.1) is 5.92 Å². The molecule has 0 aromatic carbocycles. The lowest BCUT2D eigenvalue weighted by atomic mass is 9.99. The summed E-state index contributed by atoms with van der Waals surface area (Å²) in [6, 6.07) is -0.376. The Bertz CT molecular complexity index is 197. The van der Waals surface area contributed by atoms with Gasteiger partial charge >= 0.3 is 0 Å². The lowest BCUT2D eigenvalue weighted by Gasteiger charge is -2.17. The molecule has 0 aliphatic heterocycles. The third-order valence-corrected chi connectivity index (χ3v) is 3.31. The van der Waals surface area contributed by atoms with Crippen LogP contribution < -0.4 is 11.1 Å². The van der Waals surface area contributed by atoms with E-state index in [0.717, 1.165) is 17.9 Å². The molecule has 0 aromatic rings. The van der Waals surface area contributed by atoms with Crippen LogP contribution in [0.2, 0.25) is 0 Å². The lowest BCUT2D eigenvalue weighted by Crippen LogP contribution is -2.45. The second-order valence-corrected chi connectivity index (χ2v) is 4.72. The third kappa shape index (κ3) is 6.57. The summed E-state index contributed by atoms with van der Waals surface area (Å²) in [6.07, 6.45) is 2.79. The van der Waals surface area contributed by atoms with E-state index in [-0.39, 0.29) is 17.9 Å². The second-order valence-electron chi connectivity index (χ2n) is 3.57. The van der Waals surface area contributed by atoms with Crippen LogP contribution in [0.3, 0.4) is 0 Å². The number of carbonyl (C=O) groups is 1. The summed E-state index contributed by atoms with van der Waals surface area (Å²) in [5.41, 5.74) is 5.78. The second kappa shape index (κ2) is 8.80. The zero-order chi connectivity index (χ0) is 11.7. The van der Waals surface area contributed by atoms with Crippen LogP contribution in [0.1, 0.15) is 20.3 Å². The van der Waals surface area contributed by atoms with Crippen LogP contribution in [0.4, 0.5) is 0 Å². The van der Waals surface area contributed by atoms with Crippen LogP contribution in [0.15, 0.2) is 12.7 Å². The molecule has 0 radical (unpaired) electrons. The topological polar surface area (TPSA) is 55.1 Å². The van der Waals surface area contributed by atoms with Crippen molar-refractivity contribution in [3.05, 3.63) is 12.7 Å². The van der Waals surface area contributed by atoms with Crippen molar-refractivity contribution in [1.82, 2.24) is 5.32 Å². The zero-order valence-electron chi connectivity index (χ0n) is 9.66. The molecule has 0 fully saturated rings. The summed E-state index contributed by atoms with van der Waals surface area (Å²) in [4.78, 5) is 11.5. The minimum atomic E-state index is -0.376. The minimum Gasteiger partial charge on any atom is -0.354 e. The maximum Gasteiger partial charge on any atom is 0.237 e. The number of thioether (sulfide) groups is 1. The summed E-state index contributed by atoms with van der Waals surface area (Å²) in [5.74, 6) is 2.03. The van der Waals surface area contributed by atoms with Crippen LogP contribution in [0.5, 0.6) is 0 Å². The molecule has 0 aliphatic rings. The first-order chi connectivity index (χ1) is 7.13. The van der Waals surface area contributed by atoms with Crippen molar-refractivity contribution in [2.75, 3.05) is 18.1 Å². The van der Waals surface area contributed by atoms with Crippen molar-refractivity contribution in [2.45, 2.75) is 26.3 Å². The summed E-state index contributed by atoms with van der Waals surface area (Å²) in [6.45, 7) is 8.35. The van der Waals surface area contributed by atoms with Gasteiger partial charge in [-0.1, -0.05) is 26.3 Å². The number of nitrogens with one attached hydrogen (secondary N) is 1. The molecule has 0 aliphatic carbocycles. The van der Waals surface area contributed by atoms with Gasteiger partial charge in [-0.2, -0.15) is 11.8 Å². The van der Waals surface area contributed by atoms with Crippen molar-refractivity contribution in [2.24, 2.45) is 11.7 Å². The van der Waals surface area contributed by atoms with Gasteiger partial charge in [0, 0.05) is 18.1 Å². The Morgan fingerprint density at radius 1 is 1.67 bits per heavy atom. The number of rotatable bonds is 8. The Hall–Kier alpha value is -0.480. The van der Waals surface area contributed by atoms with E-state index in [4.69, 9.17) is 5.73 Å². The summed E-state index contributed by atoms with van der Waals surface area (Å²) in [5, 5.41) is 2.84. The van der Waals surface area contributed by atoms with Gasteiger partial charge in [0.2, 0.25) is 5.91 Å². The van der Waals surface area contributed by atoms with E-state index in [2.05, 4.69) is 11.9 Å². The van der Waals surface area contributed by atoms with Gasteiger partial charge in [-0.15, -0.1) is 6.58 Å². The van der Waals surface area contributed by atoms with Gasteiger partial charge in [0.15, 0.2) is 0 Å². The Kier molecular flexibility index (Phi) is 8.52. The predicted molar refractivity (Wildman–Crippen MR) is 68.0 cm³/mol. The average molecular weight is 230 g/mol. The zero-order valence-corrected chi connectivity index (χ0v) is 10.5. The van der Waals surface area contributed by atoms with Gasteiger partial charge in [-0.25, -0.2) is 0 Å². The molecule has 2 unspecified atom stereocenters. The largest absolute Gasteiger partial charge is 0.354 e. The molecule has 4 heteroatoms. The highest BCUT2D eigenvalue weighted by Gasteiger charge is 2.18. The third-order valence-electron chi connectivity index (χ3n) is 2.34. The molecule has 0 rings (SSSR count).